The molecule has 0 saturated carbocycles. The molecule has 2 rings (SSSR count). The summed E-state index contributed by atoms with van der Waals surface area (Å²) >= 11 is 15.4. The Morgan fingerprint density at radius 3 is 2.50 bits per heavy atom. The van der Waals surface area contributed by atoms with Crippen LogP contribution in [0.4, 0.5) is 0 Å². The van der Waals surface area contributed by atoms with Gasteiger partial charge >= 0.3 is 0 Å². The molecule has 1 atom stereocenters. The molecule has 0 amide bonds. The fraction of sp³-hybridized carbons (Fsp3) is 0.0909. The van der Waals surface area contributed by atoms with Crippen molar-refractivity contribution >= 4 is 57.1 Å². The summed E-state index contributed by atoms with van der Waals surface area (Å²) in [5, 5.41) is 10.8. The lowest BCUT2D eigenvalue weighted by Gasteiger charge is -2.09. The highest BCUT2D eigenvalue weighted by Gasteiger charge is 2.13. The highest BCUT2D eigenvalue weighted by molar-refractivity contribution is 14.1. The summed E-state index contributed by atoms with van der Waals surface area (Å²) in [6.07, 6.45) is -0.660. The molecule has 1 aromatic heterocycles. The Balaban J connectivity index is 2.33. The Kier molecular flexibility index (Phi) is 4.13. The first-order valence-electron chi connectivity index (χ1n) is 4.46. The third-order valence-electron chi connectivity index (χ3n) is 2.12. The molecule has 0 bridgehead atoms. The molecule has 84 valence electrons. The van der Waals surface area contributed by atoms with E-state index in [-0.39, 0.29) is 0 Å². The number of halogens is 3. The first-order valence-corrected chi connectivity index (χ1v) is 7.11. The van der Waals surface area contributed by atoms with Gasteiger partial charge in [-0.15, -0.1) is 11.3 Å². The van der Waals surface area contributed by atoms with Crippen molar-refractivity contribution in [2.45, 2.75) is 6.10 Å². The second-order valence-electron chi connectivity index (χ2n) is 3.22. The van der Waals surface area contributed by atoms with Gasteiger partial charge in [-0.1, -0.05) is 29.3 Å². The fourth-order valence-corrected chi connectivity index (χ4v) is 2.92. The normalized spacial score (nSPS) is 12.8. The molecule has 0 aliphatic rings. The average molecular weight is 385 g/mol. The molecule has 0 fully saturated rings. The first-order chi connectivity index (χ1) is 7.58. The molecule has 0 aliphatic carbocycles. The molecule has 0 aliphatic heterocycles. The van der Waals surface area contributed by atoms with Gasteiger partial charge in [0.05, 0.1) is 9.36 Å². The quantitative estimate of drug-likeness (QED) is 0.741. The monoisotopic (exact) mass is 384 g/mol. The number of aliphatic hydroxyl groups excluding tert-OH is 1. The molecule has 1 nitrogen and oxygen atoms in total. The molecule has 0 saturated heterocycles. The van der Waals surface area contributed by atoms with E-state index in [2.05, 4.69) is 22.6 Å². The Bertz CT molecular complexity index is 512. The Morgan fingerprint density at radius 1 is 1.19 bits per heavy atom. The number of thiophene rings is 1. The summed E-state index contributed by atoms with van der Waals surface area (Å²) in [5.74, 6) is 0. The molecule has 1 heterocycles. The number of benzene rings is 1. The Morgan fingerprint density at radius 2 is 1.94 bits per heavy atom. The largest absolute Gasteiger partial charge is 0.383 e. The molecular formula is C11H7Cl2IOS. The summed E-state index contributed by atoms with van der Waals surface area (Å²) in [6, 6.07) is 9.13. The van der Waals surface area contributed by atoms with Crippen LogP contribution in [-0.4, -0.2) is 5.11 Å². The van der Waals surface area contributed by atoms with Crippen LogP contribution in [0.2, 0.25) is 9.36 Å². The minimum Gasteiger partial charge on any atom is -0.383 e. The van der Waals surface area contributed by atoms with E-state index in [1.165, 1.54) is 11.3 Å². The zero-order chi connectivity index (χ0) is 11.7. The predicted octanol–water partition coefficient (Wildman–Crippen LogP) is 4.74. The van der Waals surface area contributed by atoms with Crippen LogP contribution >= 0.6 is 57.1 Å². The van der Waals surface area contributed by atoms with Crippen LogP contribution in [-0.2, 0) is 0 Å². The maximum atomic E-state index is 10.1. The second kappa shape index (κ2) is 5.23. The predicted molar refractivity (Wildman–Crippen MR) is 77.6 cm³/mol. The summed E-state index contributed by atoms with van der Waals surface area (Å²) < 4.78 is 1.64. The van der Waals surface area contributed by atoms with Crippen LogP contribution in [0, 0.1) is 3.57 Å². The number of hydrogen-bond acceptors (Lipinski definition) is 2. The number of aliphatic hydroxyl groups is 1. The van der Waals surface area contributed by atoms with Crippen molar-refractivity contribution < 1.29 is 5.11 Å². The summed E-state index contributed by atoms with van der Waals surface area (Å²) in [5.41, 5.74) is 0.781. The van der Waals surface area contributed by atoms with Gasteiger partial charge in [0.1, 0.15) is 6.10 Å². The van der Waals surface area contributed by atoms with Crippen LogP contribution in [0.15, 0.2) is 30.3 Å². The minimum atomic E-state index is -0.660. The zero-order valence-corrected chi connectivity index (χ0v) is 12.4. The third kappa shape index (κ3) is 2.71. The van der Waals surface area contributed by atoms with Crippen LogP contribution in [0.5, 0.6) is 0 Å². The van der Waals surface area contributed by atoms with Crippen molar-refractivity contribution in [1.82, 2.24) is 0 Å². The highest BCUT2D eigenvalue weighted by Crippen LogP contribution is 2.32. The van der Waals surface area contributed by atoms with Gasteiger partial charge in [0.2, 0.25) is 0 Å². The van der Waals surface area contributed by atoms with Crippen molar-refractivity contribution in [1.29, 1.82) is 0 Å². The van der Waals surface area contributed by atoms with E-state index in [1.807, 2.05) is 18.2 Å². The second-order valence-corrected chi connectivity index (χ2v) is 6.53. The first kappa shape index (κ1) is 12.6. The molecule has 1 N–H and O–H groups in total. The van der Waals surface area contributed by atoms with Gasteiger partial charge in [-0.05, 0) is 52.4 Å². The minimum absolute atomic E-state index is 0.653. The van der Waals surface area contributed by atoms with Gasteiger partial charge < -0.3 is 5.11 Å². The van der Waals surface area contributed by atoms with Crippen molar-refractivity contribution in [3.05, 3.63) is 53.7 Å². The van der Waals surface area contributed by atoms with Crippen molar-refractivity contribution in [3.63, 3.8) is 0 Å². The molecule has 0 radical (unpaired) electrons. The van der Waals surface area contributed by atoms with E-state index >= 15 is 0 Å². The van der Waals surface area contributed by atoms with Gasteiger partial charge in [0.15, 0.2) is 0 Å². The van der Waals surface area contributed by atoms with Crippen LogP contribution in [0.25, 0.3) is 0 Å². The topological polar surface area (TPSA) is 20.2 Å². The van der Waals surface area contributed by atoms with Gasteiger partial charge in [-0.3, -0.25) is 0 Å². The van der Waals surface area contributed by atoms with E-state index in [9.17, 15) is 5.11 Å². The van der Waals surface area contributed by atoms with E-state index in [0.717, 1.165) is 14.0 Å². The SMILES string of the molecule is OC(c1ccc(I)c(Cl)c1)c1ccc(Cl)s1. The molecule has 1 aromatic carbocycles. The van der Waals surface area contributed by atoms with Crippen molar-refractivity contribution in [2.24, 2.45) is 0 Å². The van der Waals surface area contributed by atoms with E-state index in [1.54, 1.807) is 12.1 Å². The smallest absolute Gasteiger partial charge is 0.113 e. The lowest BCUT2D eigenvalue weighted by molar-refractivity contribution is 0.224. The standard InChI is InChI=1S/C11H7Cl2IOS/c12-7-5-6(1-2-8(7)14)11(15)9-3-4-10(13)16-9/h1-5,11,15H. The number of rotatable bonds is 2. The van der Waals surface area contributed by atoms with Crippen LogP contribution in [0.3, 0.4) is 0 Å². The molecule has 2 aromatic rings. The van der Waals surface area contributed by atoms with Crippen LogP contribution < -0.4 is 0 Å². The van der Waals surface area contributed by atoms with Crippen molar-refractivity contribution in [3.8, 4) is 0 Å². The van der Waals surface area contributed by atoms with Gasteiger partial charge in [0, 0.05) is 8.45 Å². The number of hydrogen-bond donors (Lipinski definition) is 1. The lowest BCUT2D eigenvalue weighted by Crippen LogP contribution is -1.97. The van der Waals surface area contributed by atoms with E-state index in [0.29, 0.717) is 9.36 Å². The maximum absolute atomic E-state index is 10.1. The Labute approximate surface area is 121 Å². The fourth-order valence-electron chi connectivity index (χ4n) is 1.32. The van der Waals surface area contributed by atoms with E-state index in [4.69, 9.17) is 23.2 Å². The summed E-state index contributed by atoms with van der Waals surface area (Å²) in [4.78, 5) is 0.822. The average Bonchev–Trinajstić information content (AvgIpc) is 2.68. The molecule has 16 heavy (non-hydrogen) atoms. The Hall–Kier alpha value is 0.190. The maximum Gasteiger partial charge on any atom is 0.113 e. The highest BCUT2D eigenvalue weighted by atomic mass is 127. The summed E-state index contributed by atoms with van der Waals surface area (Å²) in [7, 11) is 0. The van der Waals surface area contributed by atoms with Crippen LogP contribution in [0.1, 0.15) is 16.5 Å². The molecule has 5 heteroatoms. The van der Waals surface area contributed by atoms with Gasteiger partial charge in [-0.2, -0.15) is 0 Å². The van der Waals surface area contributed by atoms with Gasteiger partial charge in [0.25, 0.3) is 0 Å². The van der Waals surface area contributed by atoms with E-state index < -0.39 is 6.10 Å². The summed E-state index contributed by atoms with van der Waals surface area (Å²) in [6.45, 7) is 0. The third-order valence-corrected chi connectivity index (χ3v) is 4.98. The lowest BCUT2D eigenvalue weighted by atomic mass is 10.1. The van der Waals surface area contributed by atoms with Gasteiger partial charge in [-0.25, -0.2) is 0 Å². The molecular weight excluding hydrogens is 378 g/mol. The molecule has 0 spiro atoms. The van der Waals surface area contributed by atoms with Crippen molar-refractivity contribution in [2.75, 3.05) is 0 Å². The zero-order valence-electron chi connectivity index (χ0n) is 7.95. The molecule has 1 unspecified atom stereocenters.